The van der Waals surface area contributed by atoms with E-state index in [2.05, 4.69) is 20.7 Å². The van der Waals surface area contributed by atoms with E-state index in [0.29, 0.717) is 24.7 Å². The molecule has 2 amide bonds. The first-order valence-electron chi connectivity index (χ1n) is 12.5. The normalized spacial score (nSPS) is 22.2. The molecule has 2 atom stereocenters. The zero-order chi connectivity index (χ0) is 27.4. The maximum atomic E-state index is 13.3. The van der Waals surface area contributed by atoms with Gasteiger partial charge in [-0.3, -0.25) is 14.3 Å². The number of carbonyl (C=O) groups excluding carboxylic acids is 2. The first-order valence-corrected chi connectivity index (χ1v) is 12.5. The highest BCUT2D eigenvalue weighted by molar-refractivity contribution is 6.01. The van der Waals surface area contributed by atoms with Crippen molar-refractivity contribution >= 4 is 29.0 Å². The number of para-hydroxylation sites is 1. The van der Waals surface area contributed by atoms with Gasteiger partial charge in [0.05, 0.1) is 43.5 Å². The summed E-state index contributed by atoms with van der Waals surface area (Å²) in [6, 6.07) is 6.74. The van der Waals surface area contributed by atoms with Crippen LogP contribution >= 0.6 is 0 Å². The van der Waals surface area contributed by atoms with Crippen LogP contribution < -0.4 is 21.1 Å². The average Bonchev–Trinajstić information content (AvgIpc) is 3.28. The lowest BCUT2D eigenvalue weighted by Gasteiger charge is -2.44. The van der Waals surface area contributed by atoms with E-state index >= 15 is 0 Å². The van der Waals surface area contributed by atoms with Crippen LogP contribution in [0.15, 0.2) is 42.9 Å². The van der Waals surface area contributed by atoms with Gasteiger partial charge in [-0.1, -0.05) is 12.1 Å². The van der Waals surface area contributed by atoms with Gasteiger partial charge in [0.25, 0.3) is 11.8 Å². The molecule has 3 heterocycles. The average molecular weight is 541 g/mol. The number of methoxy groups -OCH3 is 1. The summed E-state index contributed by atoms with van der Waals surface area (Å²) in [6.07, 6.45) is 6.00. The van der Waals surface area contributed by atoms with E-state index in [-0.39, 0.29) is 23.1 Å². The molecule has 1 spiro atoms. The molecule has 2 aromatic heterocycles. The molecular formula is C26H26F2N6O5. The van der Waals surface area contributed by atoms with Crippen LogP contribution in [0.25, 0.3) is 11.1 Å². The quantitative estimate of drug-likeness (QED) is 0.394. The first kappa shape index (κ1) is 25.2. The predicted octanol–water partition coefficient (Wildman–Crippen LogP) is 3.47. The van der Waals surface area contributed by atoms with Gasteiger partial charge < -0.3 is 30.6 Å². The van der Waals surface area contributed by atoms with Gasteiger partial charge in [-0.2, -0.15) is 5.10 Å². The number of hydrogen-bond donors (Lipinski definition) is 3. The molecule has 13 heteroatoms. The van der Waals surface area contributed by atoms with Crippen molar-refractivity contribution < 1.29 is 32.6 Å². The Labute approximate surface area is 221 Å². The standard InChI is InChI=1S/C26H26F2N6O5/c1-37-22-15(14-11-31-34(13-14)20-5-6-26(20)38-7-8-39-26)3-2-4-18(22)32-19-9-21(30-12-16(19)23(29)35)33-24(36)17-10-25(17,27)28/h2-4,9,11-13,17,20H,5-8,10H2,1H3,(H2,29,35)(H2,30,32,33,36). The molecule has 0 bridgehead atoms. The molecule has 0 radical (unpaired) electrons. The molecule has 6 rings (SSSR count). The third kappa shape index (κ3) is 4.46. The predicted molar refractivity (Wildman–Crippen MR) is 135 cm³/mol. The Kier molecular flexibility index (Phi) is 5.99. The molecule has 3 fully saturated rings. The third-order valence-electron chi connectivity index (χ3n) is 7.33. The van der Waals surface area contributed by atoms with Gasteiger partial charge in [-0.25, -0.2) is 13.8 Å². The van der Waals surface area contributed by atoms with Gasteiger partial charge in [0, 0.05) is 42.4 Å². The fourth-order valence-electron chi connectivity index (χ4n) is 5.06. The maximum absolute atomic E-state index is 13.3. The molecule has 3 aromatic rings. The SMILES string of the molecule is COc1c(Nc2cc(NC(=O)C3CC3(F)F)ncc2C(N)=O)cccc1-c1cnn(C2CCC23OCCO3)c1. The monoisotopic (exact) mass is 540 g/mol. The van der Waals surface area contributed by atoms with Crippen molar-refractivity contribution in [2.24, 2.45) is 11.7 Å². The number of benzene rings is 1. The lowest BCUT2D eigenvalue weighted by Crippen LogP contribution is -2.49. The molecule has 2 unspecified atom stereocenters. The Balaban J connectivity index is 1.28. The van der Waals surface area contributed by atoms with E-state index in [4.69, 9.17) is 19.9 Å². The van der Waals surface area contributed by atoms with Gasteiger partial charge in [0.1, 0.15) is 23.5 Å². The molecule has 1 aliphatic heterocycles. The van der Waals surface area contributed by atoms with E-state index in [1.165, 1.54) is 19.4 Å². The highest BCUT2D eigenvalue weighted by Gasteiger charge is 2.61. The van der Waals surface area contributed by atoms with Gasteiger partial charge in [-0.05, 0) is 12.5 Å². The number of amides is 2. The lowest BCUT2D eigenvalue weighted by atomic mass is 9.85. The second kappa shape index (κ2) is 9.27. The Morgan fingerprint density at radius 2 is 1.97 bits per heavy atom. The topological polar surface area (TPSA) is 143 Å². The molecule has 4 N–H and O–H groups in total. The van der Waals surface area contributed by atoms with Gasteiger partial charge >= 0.3 is 0 Å². The van der Waals surface area contributed by atoms with Crippen molar-refractivity contribution in [3.8, 4) is 16.9 Å². The van der Waals surface area contributed by atoms with Crippen LogP contribution in [0, 0.1) is 5.92 Å². The maximum Gasteiger partial charge on any atom is 0.260 e. The van der Waals surface area contributed by atoms with Crippen LogP contribution in [0.4, 0.5) is 26.0 Å². The summed E-state index contributed by atoms with van der Waals surface area (Å²) in [5.41, 5.74) is 7.80. The molecule has 2 aliphatic carbocycles. The minimum absolute atomic E-state index is 0.00243. The Morgan fingerprint density at radius 1 is 1.21 bits per heavy atom. The lowest BCUT2D eigenvalue weighted by molar-refractivity contribution is -0.242. The van der Waals surface area contributed by atoms with Crippen LogP contribution in [-0.4, -0.2) is 58.6 Å². The van der Waals surface area contributed by atoms with Gasteiger partial charge in [0.2, 0.25) is 5.91 Å². The largest absolute Gasteiger partial charge is 0.494 e. The Hall–Kier alpha value is -4.10. The summed E-state index contributed by atoms with van der Waals surface area (Å²) >= 11 is 0. The number of ether oxygens (including phenoxy) is 3. The molecule has 39 heavy (non-hydrogen) atoms. The fraction of sp³-hybridized carbons (Fsp3) is 0.385. The second-order valence-corrected chi connectivity index (χ2v) is 9.77. The summed E-state index contributed by atoms with van der Waals surface area (Å²) in [7, 11) is 1.51. The number of carbonyl (C=O) groups is 2. The van der Waals surface area contributed by atoms with Crippen molar-refractivity contribution in [2.45, 2.75) is 37.0 Å². The van der Waals surface area contributed by atoms with E-state index in [1.54, 1.807) is 18.3 Å². The molecule has 11 nitrogen and oxygen atoms in total. The van der Waals surface area contributed by atoms with E-state index in [0.717, 1.165) is 24.0 Å². The molecular weight excluding hydrogens is 514 g/mol. The summed E-state index contributed by atoms with van der Waals surface area (Å²) in [5.74, 6) is -6.18. The zero-order valence-corrected chi connectivity index (χ0v) is 20.9. The van der Waals surface area contributed by atoms with Crippen LogP contribution in [-0.2, 0) is 14.3 Å². The smallest absolute Gasteiger partial charge is 0.260 e. The van der Waals surface area contributed by atoms with Gasteiger partial charge in [-0.15, -0.1) is 0 Å². The van der Waals surface area contributed by atoms with Crippen LogP contribution in [0.3, 0.4) is 0 Å². The second-order valence-electron chi connectivity index (χ2n) is 9.77. The number of nitrogens with one attached hydrogen (secondary N) is 2. The Morgan fingerprint density at radius 3 is 2.62 bits per heavy atom. The highest BCUT2D eigenvalue weighted by atomic mass is 19.3. The van der Waals surface area contributed by atoms with E-state index in [1.807, 2.05) is 16.9 Å². The molecule has 3 aliphatic rings. The van der Waals surface area contributed by atoms with E-state index in [9.17, 15) is 18.4 Å². The molecule has 1 saturated heterocycles. The number of aromatic nitrogens is 3. The van der Waals surface area contributed by atoms with Crippen molar-refractivity contribution in [3.05, 3.63) is 48.4 Å². The van der Waals surface area contributed by atoms with Crippen molar-refractivity contribution in [1.82, 2.24) is 14.8 Å². The minimum atomic E-state index is -3.02. The van der Waals surface area contributed by atoms with E-state index < -0.39 is 35.9 Å². The number of pyridine rings is 1. The number of hydrogen-bond acceptors (Lipinski definition) is 8. The number of nitrogens with two attached hydrogens (primary N) is 1. The number of alkyl halides is 2. The van der Waals surface area contributed by atoms with Crippen LogP contribution in [0.1, 0.15) is 35.7 Å². The number of nitrogens with zero attached hydrogens (tertiary/aromatic N) is 3. The van der Waals surface area contributed by atoms with Crippen molar-refractivity contribution in [1.29, 1.82) is 0 Å². The van der Waals surface area contributed by atoms with Crippen molar-refractivity contribution in [2.75, 3.05) is 31.0 Å². The summed E-state index contributed by atoms with van der Waals surface area (Å²) < 4.78 is 45.9. The summed E-state index contributed by atoms with van der Waals surface area (Å²) in [5, 5.41) is 10.0. The number of rotatable bonds is 8. The molecule has 204 valence electrons. The fourth-order valence-corrected chi connectivity index (χ4v) is 5.06. The first-order chi connectivity index (χ1) is 18.7. The van der Waals surface area contributed by atoms with Crippen molar-refractivity contribution in [3.63, 3.8) is 0 Å². The third-order valence-corrected chi connectivity index (χ3v) is 7.33. The number of halogens is 2. The number of anilines is 3. The van der Waals surface area contributed by atoms with Crippen LogP contribution in [0.2, 0.25) is 0 Å². The zero-order valence-electron chi connectivity index (χ0n) is 20.9. The molecule has 1 aromatic carbocycles. The summed E-state index contributed by atoms with van der Waals surface area (Å²) in [4.78, 5) is 28.2. The summed E-state index contributed by atoms with van der Waals surface area (Å²) in [6.45, 7) is 1.12. The molecule has 2 saturated carbocycles. The van der Waals surface area contributed by atoms with Crippen LogP contribution in [0.5, 0.6) is 5.75 Å². The minimum Gasteiger partial charge on any atom is -0.494 e. The highest BCUT2D eigenvalue weighted by Crippen LogP contribution is 2.50. The van der Waals surface area contributed by atoms with Gasteiger partial charge in [0.15, 0.2) is 5.79 Å². The number of primary amides is 1. The Bertz CT molecular complexity index is 1450.